The molecule has 0 aliphatic heterocycles. The van der Waals surface area contributed by atoms with Crippen molar-refractivity contribution in [2.45, 2.75) is 23.4 Å². The van der Waals surface area contributed by atoms with Crippen molar-refractivity contribution in [3.63, 3.8) is 0 Å². The lowest BCUT2D eigenvalue weighted by molar-refractivity contribution is -0.162. The average molecular weight is 338 g/mol. The summed E-state index contributed by atoms with van der Waals surface area (Å²) >= 11 is 0. The molecule has 0 saturated carbocycles. The first-order valence-electron chi connectivity index (χ1n) is 7.08. The van der Waals surface area contributed by atoms with Gasteiger partial charge >= 0.3 is 0 Å². The fourth-order valence-electron chi connectivity index (χ4n) is 2.37. The van der Waals surface area contributed by atoms with Crippen LogP contribution in [0.1, 0.15) is 5.56 Å². The Kier molecular flexibility index (Phi) is 5.54. The third-order valence-electron chi connectivity index (χ3n) is 3.89. The monoisotopic (exact) mass is 338 g/mol. The Morgan fingerprint density at radius 2 is 1.43 bits per heavy atom. The maximum atomic E-state index is 13.1. The van der Waals surface area contributed by atoms with E-state index in [9.17, 15) is 4.21 Å². The highest BCUT2D eigenvalue weighted by atomic mass is 32.2. The van der Waals surface area contributed by atoms with E-state index < -0.39 is 22.4 Å². The van der Waals surface area contributed by atoms with Crippen molar-refractivity contribution in [2.75, 3.05) is 28.4 Å². The maximum absolute atomic E-state index is 13.1. The van der Waals surface area contributed by atoms with Crippen LogP contribution in [0.15, 0.2) is 52.3 Å². The van der Waals surface area contributed by atoms with Gasteiger partial charge in [0, 0.05) is 33.3 Å². The molecule has 1 atom stereocenters. The van der Waals surface area contributed by atoms with Crippen molar-refractivity contribution in [2.24, 2.45) is 0 Å². The fraction of sp³-hybridized carbons (Fsp3) is 0.412. The summed E-state index contributed by atoms with van der Waals surface area (Å²) in [5.74, 6) is -2.33. The van der Waals surface area contributed by atoms with E-state index in [2.05, 4.69) is 0 Å². The van der Waals surface area contributed by atoms with Gasteiger partial charge in [-0.05, 0) is 37.3 Å². The second-order valence-corrected chi connectivity index (χ2v) is 6.58. The molecule has 6 heteroatoms. The molecule has 0 N–H and O–H groups in total. The fourth-order valence-corrected chi connectivity index (χ4v) is 3.77. The van der Waals surface area contributed by atoms with E-state index in [0.717, 1.165) is 5.56 Å². The largest absolute Gasteiger partial charge is 0.346 e. The van der Waals surface area contributed by atoms with Crippen molar-refractivity contribution < 1.29 is 23.2 Å². The van der Waals surface area contributed by atoms with Crippen LogP contribution < -0.4 is 0 Å². The van der Waals surface area contributed by atoms with E-state index in [0.29, 0.717) is 9.80 Å². The number of aryl methyl sites for hydroxylation is 1. The van der Waals surface area contributed by atoms with E-state index in [1.165, 1.54) is 28.4 Å². The van der Waals surface area contributed by atoms with Gasteiger partial charge in [-0.25, -0.2) is 4.21 Å². The summed E-state index contributed by atoms with van der Waals surface area (Å²) in [4.78, 5) is 1.06. The maximum Gasteiger partial charge on any atom is 0.223 e. The summed E-state index contributed by atoms with van der Waals surface area (Å²) in [6.07, 6.45) is 4.97. The zero-order valence-electron chi connectivity index (χ0n) is 14.0. The van der Waals surface area contributed by atoms with Gasteiger partial charge in [-0.3, -0.25) is 0 Å². The molecule has 0 heterocycles. The van der Waals surface area contributed by atoms with Crippen LogP contribution in [-0.2, 0) is 29.7 Å². The number of benzene rings is 1. The summed E-state index contributed by atoms with van der Waals surface area (Å²) in [5, 5.41) is 0. The molecule has 5 nitrogen and oxygen atoms in total. The van der Waals surface area contributed by atoms with Crippen molar-refractivity contribution >= 4 is 10.8 Å². The van der Waals surface area contributed by atoms with Gasteiger partial charge < -0.3 is 18.9 Å². The van der Waals surface area contributed by atoms with Gasteiger partial charge in [-0.15, -0.1) is 0 Å². The molecule has 0 amide bonds. The lowest BCUT2D eigenvalue weighted by Crippen LogP contribution is -2.43. The van der Waals surface area contributed by atoms with Crippen LogP contribution >= 0.6 is 0 Å². The average Bonchev–Trinajstić information content (AvgIpc) is 2.61. The Morgan fingerprint density at radius 1 is 0.870 bits per heavy atom. The minimum atomic E-state index is -1.50. The zero-order chi connectivity index (χ0) is 17.1. The van der Waals surface area contributed by atoms with Crippen molar-refractivity contribution in [3.8, 4) is 0 Å². The highest BCUT2D eigenvalue weighted by Crippen LogP contribution is 2.37. The highest BCUT2D eigenvalue weighted by Gasteiger charge is 2.43. The minimum Gasteiger partial charge on any atom is -0.346 e. The van der Waals surface area contributed by atoms with Gasteiger partial charge in [0.25, 0.3) is 0 Å². The number of hydrogen-bond acceptors (Lipinski definition) is 5. The Hall–Kier alpha value is -1.31. The molecule has 1 aliphatic rings. The molecular formula is C17H22O5S. The van der Waals surface area contributed by atoms with Gasteiger partial charge in [-0.2, -0.15) is 0 Å². The summed E-state index contributed by atoms with van der Waals surface area (Å²) in [5.41, 5.74) is 1.09. The Bertz CT molecular complexity index is 625. The predicted octanol–water partition coefficient (Wildman–Crippen LogP) is 2.53. The van der Waals surface area contributed by atoms with E-state index in [-0.39, 0.29) is 0 Å². The highest BCUT2D eigenvalue weighted by molar-refractivity contribution is 7.89. The molecule has 0 aromatic heterocycles. The van der Waals surface area contributed by atoms with Crippen LogP contribution in [-0.4, -0.2) is 44.2 Å². The summed E-state index contributed by atoms with van der Waals surface area (Å²) in [6.45, 7) is 1.98. The first kappa shape index (κ1) is 18.0. The summed E-state index contributed by atoms with van der Waals surface area (Å²) in [6, 6.07) is 7.46. The lowest BCUT2D eigenvalue weighted by atomic mass is 10.0. The molecule has 0 saturated heterocycles. The molecule has 126 valence electrons. The van der Waals surface area contributed by atoms with Crippen LogP contribution in [0.3, 0.4) is 0 Å². The van der Waals surface area contributed by atoms with Crippen molar-refractivity contribution in [3.05, 3.63) is 53.0 Å². The molecule has 23 heavy (non-hydrogen) atoms. The van der Waals surface area contributed by atoms with Crippen LogP contribution in [0.25, 0.3) is 0 Å². The normalized spacial score (nSPS) is 20.1. The molecule has 1 aliphatic carbocycles. The molecule has 1 aromatic carbocycles. The first-order chi connectivity index (χ1) is 11.0. The minimum absolute atomic E-state index is 0.414. The molecule has 0 spiro atoms. The van der Waals surface area contributed by atoms with E-state index in [1.54, 1.807) is 18.2 Å². The number of hydrogen-bond donors (Lipinski definition) is 0. The van der Waals surface area contributed by atoms with E-state index >= 15 is 0 Å². The first-order valence-corrected chi connectivity index (χ1v) is 8.23. The second kappa shape index (κ2) is 7.07. The van der Waals surface area contributed by atoms with Gasteiger partial charge in [-0.1, -0.05) is 17.7 Å². The number of rotatable bonds is 6. The smallest absolute Gasteiger partial charge is 0.223 e. The van der Waals surface area contributed by atoms with Gasteiger partial charge in [0.05, 0.1) is 15.7 Å². The Labute approximate surface area is 139 Å². The van der Waals surface area contributed by atoms with Gasteiger partial charge in [0.15, 0.2) is 0 Å². The van der Waals surface area contributed by atoms with E-state index in [1.807, 2.05) is 31.2 Å². The Morgan fingerprint density at radius 3 is 1.91 bits per heavy atom. The molecule has 0 unspecified atom stereocenters. The molecule has 0 fully saturated rings. The topological polar surface area (TPSA) is 54.0 Å². The van der Waals surface area contributed by atoms with Crippen molar-refractivity contribution in [1.82, 2.24) is 0 Å². The lowest BCUT2D eigenvalue weighted by Gasteiger charge is -2.37. The third kappa shape index (κ3) is 3.32. The van der Waals surface area contributed by atoms with Crippen molar-refractivity contribution in [1.29, 1.82) is 0 Å². The molecule has 0 bridgehead atoms. The van der Waals surface area contributed by atoms with Crippen LogP contribution in [0, 0.1) is 6.92 Å². The quantitative estimate of drug-likeness (QED) is 0.589. The summed E-state index contributed by atoms with van der Waals surface area (Å²) < 4.78 is 34.9. The van der Waals surface area contributed by atoms with Crippen LogP contribution in [0.2, 0.25) is 0 Å². The Balaban J connectivity index is 2.53. The summed E-state index contributed by atoms with van der Waals surface area (Å²) in [7, 11) is 4.54. The third-order valence-corrected chi connectivity index (χ3v) is 5.39. The number of ether oxygens (including phenoxy) is 4. The SMILES string of the molecule is COC1(OC)C=CC(OC)(OC)C([S@@](=O)c2ccc(C)cc2)=C1. The predicted molar refractivity (Wildman–Crippen MR) is 88.3 cm³/mol. The van der Waals surface area contributed by atoms with E-state index in [4.69, 9.17) is 18.9 Å². The molecule has 0 radical (unpaired) electrons. The van der Waals surface area contributed by atoms with Gasteiger partial charge in [0.2, 0.25) is 11.6 Å². The standard InChI is InChI=1S/C17H22O5S/c1-13-6-8-14(9-7-13)23(18)15-12-16(19-2,20-3)10-11-17(15,21-4)22-5/h6-12H,1-5H3/t23-/m0/s1. The van der Waals surface area contributed by atoms with Crippen LogP contribution in [0.5, 0.6) is 0 Å². The second-order valence-electron chi connectivity index (χ2n) is 5.13. The zero-order valence-corrected chi connectivity index (χ0v) is 14.8. The van der Waals surface area contributed by atoms with Gasteiger partial charge in [0.1, 0.15) is 0 Å². The molecule has 1 aromatic rings. The molecule has 2 rings (SSSR count). The number of methoxy groups -OCH3 is 4. The molecular weight excluding hydrogens is 316 g/mol. The van der Waals surface area contributed by atoms with Crippen LogP contribution in [0.4, 0.5) is 0 Å².